The van der Waals surface area contributed by atoms with Crippen molar-refractivity contribution in [3.8, 4) is 5.75 Å². The van der Waals surface area contributed by atoms with Crippen molar-refractivity contribution < 1.29 is 18.3 Å². The molecule has 0 aliphatic heterocycles. The molecule has 0 aliphatic carbocycles. The molecular weight excluding hydrogens is 322 g/mol. The number of aliphatic hydroxyl groups excluding tert-OH is 1. The van der Waals surface area contributed by atoms with Crippen molar-refractivity contribution >= 4 is 26.0 Å². The molecule has 1 aromatic rings. The first-order valence-corrected chi connectivity index (χ1v) is 7.69. The van der Waals surface area contributed by atoms with Gasteiger partial charge in [0, 0.05) is 6.54 Å². The van der Waals surface area contributed by atoms with Crippen molar-refractivity contribution in [2.75, 3.05) is 13.7 Å². The Kier molecular flexibility index (Phi) is 5.58. The van der Waals surface area contributed by atoms with E-state index in [0.717, 1.165) is 0 Å². The first-order chi connectivity index (χ1) is 8.40. The van der Waals surface area contributed by atoms with Gasteiger partial charge >= 0.3 is 0 Å². The Morgan fingerprint density at radius 3 is 2.67 bits per heavy atom. The molecule has 0 aromatic heterocycles. The smallest absolute Gasteiger partial charge is 0.240 e. The van der Waals surface area contributed by atoms with E-state index < -0.39 is 16.1 Å². The number of methoxy groups -OCH3 is 1. The second-order valence-electron chi connectivity index (χ2n) is 3.71. The lowest BCUT2D eigenvalue weighted by molar-refractivity contribution is 0.174. The SMILES string of the molecule is CCC(O)CNS(=O)(=O)c1ccc(OC)c(Br)c1. The van der Waals surface area contributed by atoms with Gasteiger partial charge in [0.05, 0.1) is 22.6 Å². The first-order valence-electron chi connectivity index (χ1n) is 5.42. The second kappa shape index (κ2) is 6.51. The molecule has 1 atom stereocenters. The van der Waals surface area contributed by atoms with Crippen molar-refractivity contribution in [1.82, 2.24) is 4.72 Å². The second-order valence-corrected chi connectivity index (χ2v) is 6.33. The average molecular weight is 338 g/mol. The standard InChI is InChI=1S/C11H16BrNO4S/c1-3-8(14)7-13-18(15,16)9-4-5-11(17-2)10(12)6-9/h4-6,8,13-14H,3,7H2,1-2H3. The number of rotatable bonds is 6. The predicted molar refractivity (Wildman–Crippen MR) is 72.2 cm³/mol. The summed E-state index contributed by atoms with van der Waals surface area (Å²) < 4.78 is 31.8. The minimum atomic E-state index is -3.61. The van der Waals surface area contributed by atoms with Crippen LogP contribution in [-0.2, 0) is 10.0 Å². The summed E-state index contributed by atoms with van der Waals surface area (Å²) in [5.74, 6) is 0.558. The molecule has 0 bridgehead atoms. The van der Waals surface area contributed by atoms with Gasteiger partial charge in [-0.1, -0.05) is 6.92 Å². The number of sulfonamides is 1. The minimum absolute atomic E-state index is 0.00246. The minimum Gasteiger partial charge on any atom is -0.496 e. The Balaban J connectivity index is 2.88. The summed E-state index contributed by atoms with van der Waals surface area (Å²) in [6, 6.07) is 4.47. The summed E-state index contributed by atoms with van der Waals surface area (Å²) in [6.07, 6.45) is -0.184. The van der Waals surface area contributed by atoms with Gasteiger partial charge in [0.25, 0.3) is 0 Å². The van der Waals surface area contributed by atoms with Gasteiger partial charge in [0.15, 0.2) is 0 Å². The Morgan fingerprint density at radius 2 is 2.17 bits per heavy atom. The molecular formula is C11H16BrNO4S. The van der Waals surface area contributed by atoms with Crippen LogP contribution in [0.1, 0.15) is 13.3 Å². The summed E-state index contributed by atoms with van der Waals surface area (Å²) in [5.41, 5.74) is 0. The fraction of sp³-hybridized carbons (Fsp3) is 0.455. The molecule has 18 heavy (non-hydrogen) atoms. The number of ether oxygens (including phenoxy) is 1. The molecule has 0 spiro atoms. The zero-order valence-electron chi connectivity index (χ0n) is 10.2. The molecule has 0 fully saturated rings. The number of hydrogen-bond acceptors (Lipinski definition) is 4. The van der Waals surface area contributed by atoms with Crippen LogP contribution in [0.2, 0.25) is 0 Å². The Hall–Kier alpha value is -0.630. The van der Waals surface area contributed by atoms with Gasteiger partial charge in [0.2, 0.25) is 10.0 Å². The summed E-state index contributed by atoms with van der Waals surface area (Å²) in [4.78, 5) is 0.124. The van der Waals surface area contributed by atoms with Gasteiger partial charge in [-0.15, -0.1) is 0 Å². The van der Waals surface area contributed by atoms with Crippen molar-refractivity contribution in [3.63, 3.8) is 0 Å². The van der Waals surface area contributed by atoms with E-state index in [0.29, 0.717) is 16.6 Å². The highest BCUT2D eigenvalue weighted by Crippen LogP contribution is 2.27. The molecule has 0 saturated heterocycles. The highest BCUT2D eigenvalue weighted by atomic mass is 79.9. The number of benzene rings is 1. The third kappa shape index (κ3) is 3.94. The molecule has 1 aromatic carbocycles. The van der Waals surface area contributed by atoms with Crippen LogP contribution in [0.15, 0.2) is 27.6 Å². The monoisotopic (exact) mass is 337 g/mol. The van der Waals surface area contributed by atoms with E-state index in [1.54, 1.807) is 13.0 Å². The summed E-state index contributed by atoms with van der Waals surface area (Å²) in [7, 11) is -2.10. The van der Waals surface area contributed by atoms with Crippen LogP contribution in [0.5, 0.6) is 5.75 Å². The van der Waals surface area contributed by atoms with Crippen LogP contribution < -0.4 is 9.46 Å². The highest BCUT2D eigenvalue weighted by Gasteiger charge is 2.16. The first kappa shape index (κ1) is 15.4. The molecule has 1 rings (SSSR count). The van der Waals surface area contributed by atoms with Gasteiger partial charge in [-0.05, 0) is 40.5 Å². The van der Waals surface area contributed by atoms with Crippen LogP contribution >= 0.6 is 15.9 Å². The largest absolute Gasteiger partial charge is 0.496 e. The van der Waals surface area contributed by atoms with Crippen molar-refractivity contribution in [3.05, 3.63) is 22.7 Å². The van der Waals surface area contributed by atoms with Gasteiger partial charge in [-0.2, -0.15) is 0 Å². The normalized spacial score (nSPS) is 13.3. The lowest BCUT2D eigenvalue weighted by Gasteiger charge is -2.11. The summed E-state index contributed by atoms with van der Waals surface area (Å²) >= 11 is 3.23. The molecule has 1 unspecified atom stereocenters. The van der Waals surface area contributed by atoms with E-state index in [-0.39, 0.29) is 11.4 Å². The van der Waals surface area contributed by atoms with E-state index in [1.807, 2.05) is 0 Å². The molecule has 0 aliphatic rings. The maximum absolute atomic E-state index is 11.9. The fourth-order valence-corrected chi connectivity index (χ4v) is 3.04. The summed E-state index contributed by atoms with van der Waals surface area (Å²) in [5, 5.41) is 9.35. The number of nitrogens with one attached hydrogen (secondary N) is 1. The van der Waals surface area contributed by atoms with Crippen molar-refractivity contribution in [1.29, 1.82) is 0 Å². The number of halogens is 1. The quantitative estimate of drug-likeness (QED) is 0.824. The zero-order chi connectivity index (χ0) is 13.8. The van der Waals surface area contributed by atoms with Gasteiger partial charge < -0.3 is 9.84 Å². The lowest BCUT2D eigenvalue weighted by atomic mass is 10.3. The number of aliphatic hydroxyl groups is 1. The molecule has 0 heterocycles. The van der Waals surface area contributed by atoms with E-state index in [1.165, 1.54) is 19.2 Å². The third-order valence-corrected chi connectivity index (χ3v) is 4.45. The average Bonchev–Trinajstić information content (AvgIpc) is 2.35. The van der Waals surface area contributed by atoms with Crippen LogP contribution in [0.4, 0.5) is 0 Å². The van der Waals surface area contributed by atoms with Gasteiger partial charge in [-0.3, -0.25) is 0 Å². The molecule has 7 heteroatoms. The summed E-state index contributed by atoms with van der Waals surface area (Å²) in [6.45, 7) is 1.78. The number of hydrogen-bond donors (Lipinski definition) is 2. The van der Waals surface area contributed by atoms with Gasteiger partial charge in [-0.25, -0.2) is 13.1 Å². The van der Waals surface area contributed by atoms with Crippen LogP contribution in [0, 0.1) is 0 Å². The molecule has 2 N–H and O–H groups in total. The lowest BCUT2D eigenvalue weighted by Crippen LogP contribution is -2.31. The molecule has 0 amide bonds. The predicted octanol–water partition coefficient (Wildman–Crippen LogP) is 1.51. The molecule has 0 saturated carbocycles. The van der Waals surface area contributed by atoms with E-state index in [2.05, 4.69) is 20.7 Å². The Morgan fingerprint density at radius 1 is 1.50 bits per heavy atom. The van der Waals surface area contributed by atoms with Crippen LogP contribution in [0.3, 0.4) is 0 Å². The maximum atomic E-state index is 11.9. The van der Waals surface area contributed by atoms with Crippen LogP contribution in [-0.4, -0.2) is 33.3 Å². The molecule has 0 radical (unpaired) electrons. The highest BCUT2D eigenvalue weighted by molar-refractivity contribution is 9.10. The van der Waals surface area contributed by atoms with Gasteiger partial charge in [0.1, 0.15) is 5.75 Å². The Bertz CT molecular complexity index is 504. The maximum Gasteiger partial charge on any atom is 0.240 e. The fourth-order valence-electron chi connectivity index (χ4n) is 1.25. The molecule has 102 valence electrons. The Labute approximate surface area is 115 Å². The van der Waals surface area contributed by atoms with Crippen molar-refractivity contribution in [2.45, 2.75) is 24.3 Å². The van der Waals surface area contributed by atoms with Crippen molar-refractivity contribution in [2.24, 2.45) is 0 Å². The van der Waals surface area contributed by atoms with Crippen LogP contribution in [0.25, 0.3) is 0 Å². The van der Waals surface area contributed by atoms with E-state index >= 15 is 0 Å². The molecule has 5 nitrogen and oxygen atoms in total. The van der Waals surface area contributed by atoms with E-state index in [4.69, 9.17) is 4.74 Å². The topological polar surface area (TPSA) is 75.6 Å². The third-order valence-electron chi connectivity index (χ3n) is 2.41. The zero-order valence-corrected chi connectivity index (χ0v) is 12.6. The van der Waals surface area contributed by atoms with E-state index in [9.17, 15) is 13.5 Å².